The Bertz CT molecular complexity index is 564. The third kappa shape index (κ3) is 4.43. The number of rotatable bonds is 6. The standard InChI is InChI=1S/C18H21NO2/c1-21-17(20)9-5-6-14-10-12-16(13-11-14)18(19)15-7-3-2-4-8-15/h2-4,7-8,10-13,18H,5-6,9,19H2,1H3. The Labute approximate surface area is 125 Å². The summed E-state index contributed by atoms with van der Waals surface area (Å²) in [6.07, 6.45) is 2.13. The van der Waals surface area contributed by atoms with E-state index in [9.17, 15) is 4.79 Å². The van der Waals surface area contributed by atoms with Crippen molar-refractivity contribution in [3.63, 3.8) is 0 Å². The summed E-state index contributed by atoms with van der Waals surface area (Å²) in [7, 11) is 1.42. The van der Waals surface area contributed by atoms with Crippen LogP contribution in [0.5, 0.6) is 0 Å². The van der Waals surface area contributed by atoms with Gasteiger partial charge in [0.1, 0.15) is 0 Å². The molecule has 2 N–H and O–H groups in total. The molecule has 0 bridgehead atoms. The predicted octanol–water partition coefficient (Wildman–Crippen LogP) is 3.23. The van der Waals surface area contributed by atoms with Crippen molar-refractivity contribution >= 4 is 5.97 Å². The maximum Gasteiger partial charge on any atom is 0.305 e. The van der Waals surface area contributed by atoms with Crippen molar-refractivity contribution in [2.45, 2.75) is 25.3 Å². The molecule has 1 atom stereocenters. The van der Waals surface area contributed by atoms with E-state index in [1.807, 2.05) is 30.3 Å². The number of methoxy groups -OCH3 is 1. The molecule has 0 saturated heterocycles. The topological polar surface area (TPSA) is 52.3 Å². The van der Waals surface area contributed by atoms with E-state index in [1.54, 1.807) is 0 Å². The molecule has 0 heterocycles. The normalized spacial score (nSPS) is 11.9. The molecule has 0 amide bonds. The third-order valence-corrected chi connectivity index (χ3v) is 3.57. The minimum absolute atomic E-state index is 0.102. The Morgan fingerprint density at radius 3 is 2.29 bits per heavy atom. The fraction of sp³-hybridized carbons (Fsp3) is 0.278. The van der Waals surface area contributed by atoms with Gasteiger partial charge in [0.25, 0.3) is 0 Å². The van der Waals surface area contributed by atoms with Crippen LogP contribution in [-0.2, 0) is 16.0 Å². The predicted molar refractivity (Wildman–Crippen MR) is 83.9 cm³/mol. The van der Waals surface area contributed by atoms with E-state index in [4.69, 9.17) is 5.73 Å². The molecule has 3 nitrogen and oxygen atoms in total. The van der Waals surface area contributed by atoms with Gasteiger partial charge in [-0.3, -0.25) is 4.79 Å². The summed E-state index contributed by atoms with van der Waals surface area (Å²) in [5.41, 5.74) is 9.68. The van der Waals surface area contributed by atoms with Crippen molar-refractivity contribution < 1.29 is 9.53 Å². The molecule has 3 heteroatoms. The maximum atomic E-state index is 11.1. The van der Waals surface area contributed by atoms with Crippen molar-refractivity contribution in [2.24, 2.45) is 5.73 Å². The molecular weight excluding hydrogens is 262 g/mol. The van der Waals surface area contributed by atoms with Crippen LogP contribution in [0.1, 0.15) is 35.6 Å². The first-order valence-electron chi connectivity index (χ1n) is 7.17. The Morgan fingerprint density at radius 2 is 1.67 bits per heavy atom. The van der Waals surface area contributed by atoms with Crippen LogP contribution in [0, 0.1) is 0 Å². The first kappa shape index (κ1) is 15.3. The minimum atomic E-state index is -0.155. The molecule has 0 fully saturated rings. The van der Waals surface area contributed by atoms with Gasteiger partial charge in [-0.15, -0.1) is 0 Å². The fourth-order valence-electron chi connectivity index (χ4n) is 2.28. The van der Waals surface area contributed by atoms with Gasteiger partial charge in [-0.25, -0.2) is 0 Å². The maximum absolute atomic E-state index is 11.1. The first-order valence-corrected chi connectivity index (χ1v) is 7.17. The zero-order valence-electron chi connectivity index (χ0n) is 12.3. The average molecular weight is 283 g/mol. The lowest BCUT2D eigenvalue weighted by Gasteiger charge is -2.13. The largest absolute Gasteiger partial charge is 0.469 e. The molecule has 0 spiro atoms. The number of carbonyl (C=O) groups is 1. The van der Waals surface area contributed by atoms with Crippen molar-refractivity contribution in [1.82, 2.24) is 0 Å². The van der Waals surface area contributed by atoms with Gasteiger partial charge in [0, 0.05) is 6.42 Å². The summed E-state index contributed by atoms with van der Waals surface area (Å²) in [5, 5.41) is 0. The van der Waals surface area contributed by atoms with E-state index in [-0.39, 0.29) is 12.0 Å². The third-order valence-electron chi connectivity index (χ3n) is 3.57. The van der Waals surface area contributed by atoms with Crippen LogP contribution in [0.2, 0.25) is 0 Å². The highest BCUT2D eigenvalue weighted by Crippen LogP contribution is 2.20. The van der Waals surface area contributed by atoms with E-state index in [0.29, 0.717) is 6.42 Å². The van der Waals surface area contributed by atoms with Crippen LogP contribution < -0.4 is 5.73 Å². The van der Waals surface area contributed by atoms with Gasteiger partial charge >= 0.3 is 5.97 Å². The quantitative estimate of drug-likeness (QED) is 0.828. The van der Waals surface area contributed by atoms with E-state index in [0.717, 1.165) is 24.0 Å². The van der Waals surface area contributed by atoms with Crippen molar-refractivity contribution in [3.05, 3.63) is 71.3 Å². The highest BCUT2D eigenvalue weighted by Gasteiger charge is 2.08. The van der Waals surface area contributed by atoms with Crippen molar-refractivity contribution in [3.8, 4) is 0 Å². The molecule has 0 aliphatic carbocycles. The van der Waals surface area contributed by atoms with Crippen LogP contribution >= 0.6 is 0 Å². The van der Waals surface area contributed by atoms with Crippen molar-refractivity contribution in [2.75, 3.05) is 7.11 Å². The number of hydrogen-bond donors (Lipinski definition) is 1. The van der Waals surface area contributed by atoms with Gasteiger partial charge in [-0.1, -0.05) is 54.6 Å². The summed E-state index contributed by atoms with van der Waals surface area (Å²) < 4.78 is 4.63. The highest BCUT2D eigenvalue weighted by molar-refractivity contribution is 5.69. The molecule has 21 heavy (non-hydrogen) atoms. The summed E-state index contributed by atoms with van der Waals surface area (Å²) in [6, 6.07) is 18.2. The number of aryl methyl sites for hydroxylation is 1. The van der Waals surface area contributed by atoms with Gasteiger partial charge in [0.2, 0.25) is 0 Å². The molecule has 110 valence electrons. The number of carbonyl (C=O) groups excluding carboxylic acids is 1. The van der Waals surface area contributed by atoms with Crippen molar-refractivity contribution in [1.29, 1.82) is 0 Å². The van der Waals surface area contributed by atoms with Crippen LogP contribution in [-0.4, -0.2) is 13.1 Å². The van der Waals surface area contributed by atoms with Gasteiger partial charge in [-0.05, 0) is 29.5 Å². The number of nitrogens with two attached hydrogens (primary N) is 1. The molecule has 0 aliphatic rings. The molecule has 2 aromatic rings. The van der Waals surface area contributed by atoms with Crippen LogP contribution in [0.15, 0.2) is 54.6 Å². The summed E-state index contributed by atoms with van der Waals surface area (Å²) in [6.45, 7) is 0. The summed E-state index contributed by atoms with van der Waals surface area (Å²) in [4.78, 5) is 11.1. The number of benzene rings is 2. The van der Waals surface area contributed by atoms with Gasteiger partial charge in [-0.2, -0.15) is 0 Å². The van der Waals surface area contributed by atoms with Gasteiger partial charge in [0.05, 0.1) is 13.2 Å². The van der Waals surface area contributed by atoms with Crippen LogP contribution in [0.4, 0.5) is 0 Å². The number of hydrogen-bond acceptors (Lipinski definition) is 3. The molecule has 1 unspecified atom stereocenters. The second-order valence-electron chi connectivity index (χ2n) is 5.06. The van der Waals surface area contributed by atoms with Gasteiger partial charge in [0.15, 0.2) is 0 Å². The Balaban J connectivity index is 1.94. The minimum Gasteiger partial charge on any atom is -0.469 e. The van der Waals surface area contributed by atoms with Crippen LogP contribution in [0.25, 0.3) is 0 Å². The molecule has 0 radical (unpaired) electrons. The van der Waals surface area contributed by atoms with E-state index in [2.05, 4.69) is 29.0 Å². The van der Waals surface area contributed by atoms with Gasteiger partial charge < -0.3 is 10.5 Å². The zero-order valence-corrected chi connectivity index (χ0v) is 12.3. The summed E-state index contributed by atoms with van der Waals surface area (Å²) in [5.74, 6) is -0.155. The SMILES string of the molecule is COC(=O)CCCc1ccc(C(N)c2ccccc2)cc1. The molecular formula is C18H21NO2. The molecule has 0 aliphatic heterocycles. The van der Waals surface area contributed by atoms with E-state index in [1.165, 1.54) is 12.7 Å². The van der Waals surface area contributed by atoms with E-state index < -0.39 is 0 Å². The highest BCUT2D eigenvalue weighted by atomic mass is 16.5. The lowest BCUT2D eigenvalue weighted by Crippen LogP contribution is -2.11. The molecule has 2 rings (SSSR count). The second kappa shape index (κ2) is 7.60. The Hall–Kier alpha value is -2.13. The lowest BCUT2D eigenvalue weighted by atomic mass is 9.97. The average Bonchev–Trinajstić information content (AvgIpc) is 2.55. The second-order valence-corrected chi connectivity index (χ2v) is 5.06. The first-order chi connectivity index (χ1) is 10.2. The Morgan fingerprint density at radius 1 is 1.05 bits per heavy atom. The van der Waals surface area contributed by atoms with E-state index >= 15 is 0 Å². The lowest BCUT2D eigenvalue weighted by molar-refractivity contribution is -0.140. The number of ether oxygens (including phenoxy) is 1. The monoisotopic (exact) mass is 283 g/mol. The zero-order chi connectivity index (χ0) is 15.1. The Kier molecular flexibility index (Phi) is 5.52. The smallest absolute Gasteiger partial charge is 0.305 e. The summed E-state index contributed by atoms with van der Waals surface area (Å²) >= 11 is 0. The molecule has 2 aromatic carbocycles. The van der Waals surface area contributed by atoms with Crippen LogP contribution in [0.3, 0.4) is 0 Å². The molecule has 0 saturated carbocycles. The molecule has 0 aromatic heterocycles. The fourth-order valence-corrected chi connectivity index (χ4v) is 2.28. The number of esters is 1.